The van der Waals surface area contributed by atoms with E-state index in [1.165, 1.54) is 0 Å². The Bertz CT molecular complexity index is 564. The zero-order valence-corrected chi connectivity index (χ0v) is 13.0. The summed E-state index contributed by atoms with van der Waals surface area (Å²) in [5.41, 5.74) is 1.76. The van der Waals surface area contributed by atoms with Crippen molar-refractivity contribution in [3.05, 3.63) is 42.2 Å². The van der Waals surface area contributed by atoms with Gasteiger partial charge in [-0.2, -0.15) is 0 Å². The minimum atomic E-state index is -0.912. The lowest BCUT2D eigenvalue weighted by Gasteiger charge is -2.16. The molecule has 2 atom stereocenters. The Morgan fingerprint density at radius 2 is 1.85 bits per heavy atom. The number of aromatic nitrogens is 3. The van der Waals surface area contributed by atoms with Crippen LogP contribution in [0.4, 0.5) is 0 Å². The molecule has 0 bridgehead atoms. The van der Waals surface area contributed by atoms with E-state index >= 15 is 0 Å². The van der Waals surface area contributed by atoms with Crippen LogP contribution in [-0.2, 0) is 10.8 Å². The highest BCUT2D eigenvalue weighted by atomic mass is 32.2. The third-order valence-corrected chi connectivity index (χ3v) is 5.80. The van der Waals surface area contributed by atoms with Gasteiger partial charge in [-0.1, -0.05) is 37.3 Å². The van der Waals surface area contributed by atoms with Gasteiger partial charge in [0.2, 0.25) is 0 Å². The van der Waals surface area contributed by atoms with E-state index in [4.69, 9.17) is 0 Å². The second kappa shape index (κ2) is 6.79. The van der Waals surface area contributed by atoms with Crippen LogP contribution in [-0.4, -0.2) is 24.5 Å². The summed E-state index contributed by atoms with van der Waals surface area (Å²) in [5, 5.41) is 8.46. The molecule has 1 aromatic heterocycles. The van der Waals surface area contributed by atoms with E-state index in [1.54, 1.807) is 4.68 Å². The van der Waals surface area contributed by atoms with Gasteiger partial charge in [0.15, 0.2) is 0 Å². The van der Waals surface area contributed by atoms with Crippen molar-refractivity contribution < 1.29 is 4.21 Å². The molecule has 0 radical (unpaired) electrons. The maximum atomic E-state index is 12.5. The minimum Gasteiger partial charge on any atom is -0.259 e. The molecule has 5 heteroatoms. The fraction of sp³-hybridized carbons (Fsp3) is 0.467. The molecule has 2 aromatic rings. The minimum absolute atomic E-state index is 0.0858. The Kier molecular flexibility index (Phi) is 5.06. The van der Waals surface area contributed by atoms with Gasteiger partial charge < -0.3 is 0 Å². The molecular weight excluding hydrogens is 270 g/mol. The molecule has 0 amide bonds. The van der Waals surface area contributed by atoms with E-state index in [-0.39, 0.29) is 10.5 Å². The van der Waals surface area contributed by atoms with Gasteiger partial charge in [0.1, 0.15) is 0 Å². The Morgan fingerprint density at radius 3 is 2.45 bits per heavy atom. The van der Waals surface area contributed by atoms with Crippen LogP contribution in [0.25, 0.3) is 5.69 Å². The van der Waals surface area contributed by atoms with Crippen LogP contribution in [0.15, 0.2) is 36.5 Å². The van der Waals surface area contributed by atoms with Crippen LogP contribution in [0.1, 0.15) is 44.6 Å². The second-order valence-electron chi connectivity index (χ2n) is 4.83. The van der Waals surface area contributed by atoms with Crippen molar-refractivity contribution in [3.8, 4) is 5.69 Å². The molecule has 0 aliphatic heterocycles. The van der Waals surface area contributed by atoms with Crippen molar-refractivity contribution in [2.24, 2.45) is 0 Å². The first-order valence-corrected chi connectivity index (χ1v) is 8.32. The molecule has 0 unspecified atom stereocenters. The van der Waals surface area contributed by atoms with Gasteiger partial charge in [-0.25, -0.2) is 4.68 Å². The van der Waals surface area contributed by atoms with Gasteiger partial charge in [0.05, 0.1) is 22.8 Å². The molecule has 0 N–H and O–H groups in total. The van der Waals surface area contributed by atoms with Crippen molar-refractivity contribution in [1.29, 1.82) is 0 Å². The van der Waals surface area contributed by atoms with Crippen molar-refractivity contribution >= 4 is 10.8 Å². The number of benzene rings is 1. The highest BCUT2D eigenvalue weighted by Crippen LogP contribution is 2.23. The predicted molar refractivity (Wildman–Crippen MR) is 82.3 cm³/mol. The fourth-order valence-corrected chi connectivity index (χ4v) is 3.78. The molecule has 1 aromatic carbocycles. The predicted octanol–water partition coefficient (Wildman–Crippen LogP) is 3.27. The van der Waals surface area contributed by atoms with Gasteiger partial charge in [-0.05, 0) is 31.9 Å². The van der Waals surface area contributed by atoms with Gasteiger partial charge in [-0.15, -0.1) is 5.10 Å². The lowest BCUT2D eigenvalue weighted by molar-refractivity contribution is 0.648. The molecule has 108 valence electrons. The molecule has 1 heterocycles. The zero-order valence-electron chi connectivity index (χ0n) is 12.2. The van der Waals surface area contributed by atoms with Crippen LogP contribution in [0.2, 0.25) is 0 Å². The third-order valence-electron chi connectivity index (χ3n) is 3.54. The summed E-state index contributed by atoms with van der Waals surface area (Å²) in [4.78, 5) is 0. The first kappa shape index (κ1) is 14.9. The first-order valence-electron chi connectivity index (χ1n) is 7.04. The Morgan fingerprint density at radius 1 is 1.20 bits per heavy atom. The SMILES string of the molecule is CCC(CC)[S@](=O)[C@@H](C)c1cn(-c2ccccc2)nn1. The summed E-state index contributed by atoms with van der Waals surface area (Å²) in [5.74, 6) is 0. The van der Waals surface area contributed by atoms with E-state index in [0.717, 1.165) is 24.2 Å². The zero-order chi connectivity index (χ0) is 14.5. The number of nitrogens with zero attached hydrogens (tertiary/aromatic N) is 3. The summed E-state index contributed by atoms with van der Waals surface area (Å²) in [6.45, 7) is 6.13. The average Bonchev–Trinajstić information content (AvgIpc) is 2.98. The highest BCUT2D eigenvalue weighted by molar-refractivity contribution is 7.85. The Balaban J connectivity index is 2.18. The summed E-state index contributed by atoms with van der Waals surface area (Å²) in [6, 6.07) is 9.83. The van der Waals surface area contributed by atoms with Crippen LogP contribution < -0.4 is 0 Å². The molecule has 0 spiro atoms. The maximum Gasteiger partial charge on any atom is 0.0984 e. The lowest BCUT2D eigenvalue weighted by atomic mass is 10.3. The number of hydrogen-bond donors (Lipinski definition) is 0. The van der Waals surface area contributed by atoms with E-state index in [9.17, 15) is 4.21 Å². The highest BCUT2D eigenvalue weighted by Gasteiger charge is 2.23. The number of rotatable bonds is 6. The molecule has 0 fully saturated rings. The molecule has 0 aliphatic carbocycles. The Labute approximate surface area is 122 Å². The smallest absolute Gasteiger partial charge is 0.0984 e. The van der Waals surface area contributed by atoms with Gasteiger partial charge >= 0.3 is 0 Å². The van der Waals surface area contributed by atoms with Gasteiger partial charge in [0, 0.05) is 16.0 Å². The maximum absolute atomic E-state index is 12.5. The van der Waals surface area contributed by atoms with Crippen LogP contribution in [0.5, 0.6) is 0 Å². The standard InChI is InChI=1S/C15H21N3OS/c1-4-14(5-2)20(19)12(3)15-11-18(17-16-15)13-9-7-6-8-10-13/h6-12,14H,4-5H2,1-3H3/t12-,20+/m0/s1. The fourth-order valence-electron chi connectivity index (χ4n) is 2.19. The summed E-state index contributed by atoms with van der Waals surface area (Å²) >= 11 is 0. The van der Waals surface area contributed by atoms with E-state index in [1.807, 2.05) is 43.5 Å². The molecule has 0 saturated heterocycles. The largest absolute Gasteiger partial charge is 0.259 e. The monoisotopic (exact) mass is 291 g/mol. The van der Waals surface area contributed by atoms with Crippen molar-refractivity contribution in [2.75, 3.05) is 0 Å². The van der Waals surface area contributed by atoms with Gasteiger partial charge in [-0.3, -0.25) is 4.21 Å². The Hall–Kier alpha value is -1.49. The van der Waals surface area contributed by atoms with Crippen LogP contribution in [0, 0.1) is 0 Å². The first-order chi connectivity index (χ1) is 9.67. The number of hydrogen-bond acceptors (Lipinski definition) is 3. The van der Waals surface area contributed by atoms with E-state index in [0.29, 0.717) is 0 Å². The summed E-state index contributed by atoms with van der Waals surface area (Å²) in [6.07, 6.45) is 3.74. The topological polar surface area (TPSA) is 47.8 Å². The van der Waals surface area contributed by atoms with Crippen molar-refractivity contribution in [1.82, 2.24) is 15.0 Å². The van der Waals surface area contributed by atoms with Crippen LogP contribution >= 0.6 is 0 Å². The van der Waals surface area contributed by atoms with Gasteiger partial charge in [0.25, 0.3) is 0 Å². The van der Waals surface area contributed by atoms with E-state index < -0.39 is 10.8 Å². The second-order valence-corrected chi connectivity index (χ2v) is 6.86. The van der Waals surface area contributed by atoms with Crippen LogP contribution in [0.3, 0.4) is 0 Å². The normalized spacial score (nSPS) is 14.4. The van der Waals surface area contributed by atoms with Crippen molar-refractivity contribution in [2.45, 2.75) is 44.1 Å². The molecule has 0 aliphatic rings. The molecular formula is C15H21N3OS. The quantitative estimate of drug-likeness (QED) is 0.820. The van der Waals surface area contributed by atoms with E-state index in [2.05, 4.69) is 24.2 Å². The molecule has 20 heavy (non-hydrogen) atoms. The average molecular weight is 291 g/mol. The molecule has 4 nitrogen and oxygen atoms in total. The third kappa shape index (κ3) is 3.15. The summed E-state index contributed by atoms with van der Waals surface area (Å²) < 4.78 is 14.2. The van der Waals surface area contributed by atoms with Crippen molar-refractivity contribution in [3.63, 3.8) is 0 Å². The summed E-state index contributed by atoms with van der Waals surface area (Å²) in [7, 11) is -0.912. The number of para-hydroxylation sites is 1. The lowest BCUT2D eigenvalue weighted by Crippen LogP contribution is -2.18. The molecule has 2 rings (SSSR count). The molecule has 0 saturated carbocycles.